The van der Waals surface area contributed by atoms with Crippen LogP contribution in [-0.4, -0.2) is 29.5 Å². The topological polar surface area (TPSA) is 55.5 Å². The van der Waals surface area contributed by atoms with Gasteiger partial charge in [0.25, 0.3) is 0 Å². The van der Waals surface area contributed by atoms with Crippen LogP contribution in [0.5, 0.6) is 0 Å². The summed E-state index contributed by atoms with van der Waals surface area (Å²) in [5.41, 5.74) is 5.91. The molecule has 2 fully saturated rings. The van der Waals surface area contributed by atoms with Gasteiger partial charge < -0.3 is 15.6 Å². The second-order valence-electron chi connectivity index (χ2n) is 8.05. The van der Waals surface area contributed by atoms with Crippen LogP contribution in [0.15, 0.2) is 0 Å². The molecule has 0 radical (unpaired) electrons. The van der Waals surface area contributed by atoms with E-state index in [4.69, 9.17) is 10.5 Å². The fourth-order valence-corrected chi connectivity index (χ4v) is 4.18. The smallest absolute Gasteiger partial charge is 0.0660 e. The van der Waals surface area contributed by atoms with E-state index in [1.165, 1.54) is 0 Å². The zero-order chi connectivity index (χ0) is 14.3. The van der Waals surface area contributed by atoms with Crippen molar-refractivity contribution in [3.05, 3.63) is 0 Å². The zero-order valence-electron chi connectivity index (χ0n) is 13.0. The molecule has 3 N–H and O–H groups in total. The Hall–Kier alpha value is -0.120. The van der Waals surface area contributed by atoms with Crippen molar-refractivity contribution >= 4 is 0 Å². The molecule has 0 aromatic carbocycles. The van der Waals surface area contributed by atoms with Crippen LogP contribution in [0.4, 0.5) is 0 Å². The number of rotatable bonds is 3. The van der Waals surface area contributed by atoms with Gasteiger partial charge in [0.2, 0.25) is 0 Å². The summed E-state index contributed by atoms with van der Waals surface area (Å²) in [6, 6.07) is 0. The van der Waals surface area contributed by atoms with Crippen molar-refractivity contribution in [3.8, 4) is 0 Å². The third kappa shape index (κ3) is 2.98. The molecule has 1 saturated carbocycles. The maximum Gasteiger partial charge on any atom is 0.0660 e. The Morgan fingerprint density at radius 1 is 1.16 bits per heavy atom. The minimum absolute atomic E-state index is 0.00437. The Balaban J connectivity index is 2.10. The maximum absolute atomic E-state index is 10.8. The van der Waals surface area contributed by atoms with Gasteiger partial charge in [-0.25, -0.2) is 0 Å². The molecule has 0 aromatic heterocycles. The molecule has 19 heavy (non-hydrogen) atoms. The lowest BCUT2D eigenvalue weighted by Crippen LogP contribution is -2.53. The molecule has 1 aliphatic heterocycles. The Labute approximate surface area is 117 Å². The van der Waals surface area contributed by atoms with Gasteiger partial charge in [-0.1, -0.05) is 20.3 Å². The quantitative estimate of drug-likeness (QED) is 0.828. The van der Waals surface area contributed by atoms with Gasteiger partial charge in [0.05, 0.1) is 17.8 Å². The maximum atomic E-state index is 10.8. The predicted molar refractivity (Wildman–Crippen MR) is 77.9 cm³/mol. The van der Waals surface area contributed by atoms with Crippen molar-refractivity contribution in [1.29, 1.82) is 0 Å². The van der Waals surface area contributed by atoms with E-state index in [-0.39, 0.29) is 28.6 Å². The number of aliphatic hydroxyl groups is 1. The summed E-state index contributed by atoms with van der Waals surface area (Å²) in [4.78, 5) is 0. The van der Waals surface area contributed by atoms with Crippen molar-refractivity contribution in [3.63, 3.8) is 0 Å². The first-order chi connectivity index (χ1) is 8.71. The highest BCUT2D eigenvalue weighted by atomic mass is 16.5. The fraction of sp³-hybridized carbons (Fsp3) is 1.00. The Bertz CT molecular complexity index is 327. The molecule has 0 spiro atoms. The monoisotopic (exact) mass is 269 g/mol. The van der Waals surface area contributed by atoms with Gasteiger partial charge in [-0.2, -0.15) is 0 Å². The van der Waals surface area contributed by atoms with Gasteiger partial charge in [-0.3, -0.25) is 0 Å². The second-order valence-corrected chi connectivity index (χ2v) is 8.05. The van der Waals surface area contributed by atoms with Crippen molar-refractivity contribution in [1.82, 2.24) is 0 Å². The fourth-order valence-electron chi connectivity index (χ4n) is 4.18. The highest BCUT2D eigenvalue weighted by molar-refractivity contribution is 5.01. The molecule has 0 aromatic rings. The third-order valence-corrected chi connectivity index (χ3v) is 5.41. The van der Waals surface area contributed by atoms with Crippen molar-refractivity contribution in [2.45, 2.75) is 84.0 Å². The van der Waals surface area contributed by atoms with E-state index in [0.717, 1.165) is 38.5 Å². The SMILES string of the molecule is CC1(C)CCC(CC2(CN)CCCC(C)(C)C2O)O1. The average Bonchev–Trinajstić information content (AvgIpc) is 2.64. The summed E-state index contributed by atoms with van der Waals surface area (Å²) < 4.78 is 6.13. The van der Waals surface area contributed by atoms with E-state index in [9.17, 15) is 5.11 Å². The van der Waals surface area contributed by atoms with Crippen LogP contribution in [0.2, 0.25) is 0 Å². The second kappa shape index (κ2) is 5.01. The van der Waals surface area contributed by atoms with Crippen LogP contribution in [0, 0.1) is 10.8 Å². The Morgan fingerprint density at radius 3 is 2.37 bits per heavy atom. The van der Waals surface area contributed by atoms with Crippen LogP contribution in [0.25, 0.3) is 0 Å². The van der Waals surface area contributed by atoms with Gasteiger partial charge in [0.1, 0.15) is 0 Å². The van der Waals surface area contributed by atoms with Crippen LogP contribution < -0.4 is 5.73 Å². The molecule has 3 nitrogen and oxygen atoms in total. The van der Waals surface area contributed by atoms with Crippen LogP contribution in [-0.2, 0) is 4.74 Å². The molecule has 1 saturated heterocycles. The summed E-state index contributed by atoms with van der Waals surface area (Å²) in [5.74, 6) is 0. The van der Waals surface area contributed by atoms with Crippen molar-refractivity contribution in [2.75, 3.05) is 6.54 Å². The predicted octanol–water partition coefficient (Wildman–Crippen LogP) is 2.85. The number of nitrogens with two attached hydrogens (primary N) is 1. The van der Waals surface area contributed by atoms with E-state index in [1.54, 1.807) is 0 Å². The third-order valence-electron chi connectivity index (χ3n) is 5.41. The first-order valence-corrected chi connectivity index (χ1v) is 7.77. The molecule has 3 unspecified atom stereocenters. The average molecular weight is 269 g/mol. The summed E-state index contributed by atoms with van der Waals surface area (Å²) in [6.07, 6.45) is 6.36. The number of hydrogen-bond donors (Lipinski definition) is 2. The van der Waals surface area contributed by atoms with E-state index in [2.05, 4.69) is 27.7 Å². The number of hydrogen-bond acceptors (Lipinski definition) is 3. The van der Waals surface area contributed by atoms with Gasteiger partial charge in [0.15, 0.2) is 0 Å². The molecule has 3 atom stereocenters. The van der Waals surface area contributed by atoms with Crippen molar-refractivity contribution < 1.29 is 9.84 Å². The van der Waals surface area contributed by atoms with E-state index in [1.807, 2.05) is 0 Å². The minimum Gasteiger partial charge on any atom is -0.392 e. The van der Waals surface area contributed by atoms with Crippen molar-refractivity contribution in [2.24, 2.45) is 16.6 Å². The van der Waals surface area contributed by atoms with E-state index < -0.39 is 0 Å². The van der Waals surface area contributed by atoms with Gasteiger partial charge in [-0.15, -0.1) is 0 Å². The summed E-state index contributed by atoms with van der Waals surface area (Å²) in [6.45, 7) is 9.21. The first kappa shape index (κ1) is 15.3. The summed E-state index contributed by atoms with van der Waals surface area (Å²) in [5, 5.41) is 10.8. The molecular weight excluding hydrogens is 238 g/mol. The first-order valence-electron chi connectivity index (χ1n) is 7.77. The lowest BCUT2D eigenvalue weighted by atomic mass is 9.59. The molecule has 0 bridgehead atoms. The highest BCUT2D eigenvalue weighted by Crippen LogP contribution is 2.50. The van der Waals surface area contributed by atoms with Crippen LogP contribution >= 0.6 is 0 Å². The molecule has 0 amide bonds. The van der Waals surface area contributed by atoms with Gasteiger partial charge in [-0.05, 0) is 51.4 Å². The van der Waals surface area contributed by atoms with Crippen LogP contribution in [0.3, 0.4) is 0 Å². The Morgan fingerprint density at radius 2 is 1.84 bits per heavy atom. The lowest BCUT2D eigenvalue weighted by Gasteiger charge is -2.50. The number of ether oxygens (including phenoxy) is 1. The molecule has 1 aliphatic carbocycles. The van der Waals surface area contributed by atoms with Crippen LogP contribution in [0.1, 0.15) is 66.2 Å². The molecule has 2 rings (SSSR count). The molecular formula is C16H31NO2. The van der Waals surface area contributed by atoms with Gasteiger partial charge in [0, 0.05) is 12.0 Å². The van der Waals surface area contributed by atoms with E-state index in [0.29, 0.717) is 6.54 Å². The van der Waals surface area contributed by atoms with Gasteiger partial charge >= 0.3 is 0 Å². The Kier molecular flexibility index (Phi) is 4.03. The summed E-state index contributed by atoms with van der Waals surface area (Å²) >= 11 is 0. The highest BCUT2D eigenvalue weighted by Gasteiger charge is 2.50. The zero-order valence-corrected chi connectivity index (χ0v) is 13.0. The normalized spacial score (nSPS) is 41.4. The summed E-state index contributed by atoms with van der Waals surface area (Å²) in [7, 11) is 0. The number of aliphatic hydroxyl groups excluding tert-OH is 1. The largest absolute Gasteiger partial charge is 0.392 e. The molecule has 3 heteroatoms. The molecule has 112 valence electrons. The molecule has 1 heterocycles. The molecule has 2 aliphatic rings. The van der Waals surface area contributed by atoms with E-state index >= 15 is 0 Å². The minimum atomic E-state index is -0.314. The lowest BCUT2D eigenvalue weighted by molar-refractivity contribution is -0.118. The standard InChI is InChI=1S/C16H31NO2/c1-14(2)7-5-8-16(11-17,13(14)18)10-12-6-9-15(3,4)19-12/h12-13,18H,5-11,17H2,1-4H3.